The molecule has 2 aliphatic carbocycles. The topological polar surface area (TPSA) is 102 Å². The maximum absolute atomic E-state index is 14.3. The summed E-state index contributed by atoms with van der Waals surface area (Å²) in [5, 5.41) is 18.9. The quantitative estimate of drug-likeness (QED) is 0.111. The number of aromatic hydroxyl groups is 1. The zero-order valence-corrected chi connectivity index (χ0v) is 40.2. The van der Waals surface area contributed by atoms with Gasteiger partial charge in [0.05, 0.1) is 33.7 Å². The highest BCUT2D eigenvalue weighted by atomic mass is 19.1. The van der Waals surface area contributed by atoms with E-state index in [2.05, 4.69) is 24.8 Å². The van der Waals surface area contributed by atoms with Crippen LogP contribution in [0.25, 0.3) is 28.3 Å². The van der Waals surface area contributed by atoms with Gasteiger partial charge in [-0.05, 0) is 151 Å². The van der Waals surface area contributed by atoms with Crippen LogP contribution in [-0.2, 0) is 32.1 Å². The molecule has 1 aliphatic heterocycles. The third-order valence-corrected chi connectivity index (χ3v) is 14.1. The van der Waals surface area contributed by atoms with Crippen LogP contribution in [0.15, 0.2) is 128 Å². The number of aryl methyl sites for hydroxylation is 3. The Bertz CT molecular complexity index is 2700. The minimum atomic E-state index is -0.220. The Morgan fingerprint density at radius 1 is 0.681 bits per heavy atom. The standard InChI is InChI=1S/C30H31FO3.C15H13F.C15H20O4/c1-19-6-14-27(31)26(16-19)21-7-9-22(10-8-21)28-15-13-23-11-12-24(17-29(23)34-28)25(18-30(32)33-2)20-4-3-5-20;1-3-12-5-7-13(8-6-12)14-10-11(2)4-9-15(14)16;1-19-15(18)8-13(10-3-2-4-10)11-5-6-12(9-16)14(17)7-11/h6-12,14,16-17,20,25,28H,3-5,13,15,18H2,1-2H3;3-10H,1H2,2H3;5-7,10,13,16-17H,2-4,8-9H2,1H3. The number of hydrogen-bond donors (Lipinski definition) is 2. The second-order valence-corrected chi connectivity index (χ2v) is 18.6. The fourth-order valence-electron chi connectivity index (χ4n) is 9.52. The third-order valence-electron chi connectivity index (χ3n) is 14.1. The maximum atomic E-state index is 14.3. The van der Waals surface area contributed by atoms with Gasteiger partial charge in [-0.2, -0.15) is 0 Å². The molecule has 2 saturated carbocycles. The second-order valence-electron chi connectivity index (χ2n) is 18.6. The van der Waals surface area contributed by atoms with Gasteiger partial charge in [-0.1, -0.05) is 122 Å². The molecule has 3 aliphatic rings. The highest BCUT2D eigenvalue weighted by Crippen LogP contribution is 2.45. The van der Waals surface area contributed by atoms with Crippen molar-refractivity contribution in [3.05, 3.63) is 184 Å². The van der Waals surface area contributed by atoms with Crippen LogP contribution in [0.5, 0.6) is 11.5 Å². The molecule has 2 N–H and O–H groups in total. The Kier molecular flexibility index (Phi) is 17.2. The van der Waals surface area contributed by atoms with Gasteiger partial charge in [-0.25, -0.2) is 8.78 Å². The lowest BCUT2D eigenvalue weighted by Gasteiger charge is -2.34. The van der Waals surface area contributed by atoms with E-state index in [4.69, 9.17) is 19.3 Å². The second kappa shape index (κ2) is 23.6. The van der Waals surface area contributed by atoms with Crippen LogP contribution in [0, 0.1) is 37.3 Å². The summed E-state index contributed by atoms with van der Waals surface area (Å²) >= 11 is 0. The summed E-state index contributed by atoms with van der Waals surface area (Å²) in [6.45, 7) is 7.44. The first-order valence-electron chi connectivity index (χ1n) is 24.1. The molecule has 0 bridgehead atoms. The lowest BCUT2D eigenvalue weighted by molar-refractivity contribution is -0.142. The summed E-state index contributed by atoms with van der Waals surface area (Å²) in [5.74, 6) is 1.54. The van der Waals surface area contributed by atoms with E-state index >= 15 is 0 Å². The average Bonchev–Trinajstić information content (AvgIpc) is 3.34. The number of aliphatic hydroxyl groups excluding tert-OH is 1. The number of methoxy groups -OCH3 is 2. The van der Waals surface area contributed by atoms with Crippen LogP contribution in [0.4, 0.5) is 8.78 Å². The van der Waals surface area contributed by atoms with E-state index < -0.39 is 0 Å². The molecule has 7 nitrogen and oxygen atoms in total. The van der Waals surface area contributed by atoms with Crippen molar-refractivity contribution in [2.24, 2.45) is 11.8 Å². The molecule has 3 unspecified atom stereocenters. The number of ether oxygens (including phenoxy) is 3. The average molecular weight is 935 g/mol. The van der Waals surface area contributed by atoms with Gasteiger partial charge in [0.25, 0.3) is 0 Å². The maximum Gasteiger partial charge on any atom is 0.306 e. The normalized spacial score (nSPS) is 16.0. The first-order valence-corrected chi connectivity index (χ1v) is 24.1. The molecule has 0 radical (unpaired) electrons. The van der Waals surface area contributed by atoms with Gasteiger partial charge in [0.2, 0.25) is 0 Å². The fourth-order valence-corrected chi connectivity index (χ4v) is 9.52. The predicted molar refractivity (Wildman–Crippen MR) is 269 cm³/mol. The number of phenols is 1. The molecule has 2 fully saturated rings. The number of fused-ring (bicyclic) bond motifs is 1. The van der Waals surface area contributed by atoms with Crippen molar-refractivity contribution < 1.29 is 42.8 Å². The minimum Gasteiger partial charge on any atom is -0.508 e. The summed E-state index contributed by atoms with van der Waals surface area (Å²) < 4.78 is 44.1. The van der Waals surface area contributed by atoms with Crippen LogP contribution in [0.1, 0.15) is 120 Å². The SMILES string of the molecule is C=Cc1ccc(-c2cc(C)ccc2F)cc1.COC(=O)CC(c1ccc(CO)c(O)c1)C1CCC1.COC(=O)CC(c1ccc2c(c1)OC(c1ccc(-c3cc(C)ccc3F)cc1)CC2)C1CCC1. The van der Waals surface area contributed by atoms with E-state index in [0.29, 0.717) is 41.4 Å². The molecular formula is C60H64F2O7. The van der Waals surface area contributed by atoms with Gasteiger partial charge >= 0.3 is 11.9 Å². The van der Waals surface area contributed by atoms with E-state index in [-0.39, 0.29) is 53.9 Å². The lowest BCUT2D eigenvalue weighted by Crippen LogP contribution is -2.24. The van der Waals surface area contributed by atoms with E-state index in [0.717, 1.165) is 83.2 Å². The minimum absolute atomic E-state index is 0.0399. The van der Waals surface area contributed by atoms with E-state index in [1.807, 2.05) is 80.6 Å². The van der Waals surface area contributed by atoms with Crippen LogP contribution in [0.2, 0.25) is 0 Å². The number of aliphatic hydroxyl groups is 1. The summed E-state index contributed by atoms with van der Waals surface area (Å²) in [6.07, 6.45) is 11.3. The molecule has 360 valence electrons. The summed E-state index contributed by atoms with van der Waals surface area (Å²) in [6, 6.07) is 37.8. The molecule has 0 aromatic heterocycles. The van der Waals surface area contributed by atoms with Gasteiger partial charge in [-0.3, -0.25) is 9.59 Å². The number of carbonyl (C=O) groups excluding carboxylic acids is 2. The van der Waals surface area contributed by atoms with Gasteiger partial charge < -0.3 is 24.4 Å². The molecule has 3 atom stereocenters. The highest BCUT2D eigenvalue weighted by molar-refractivity contribution is 5.71. The predicted octanol–water partition coefficient (Wildman–Crippen LogP) is 14.1. The number of rotatable bonds is 13. The van der Waals surface area contributed by atoms with E-state index in [1.165, 1.54) is 50.3 Å². The van der Waals surface area contributed by atoms with Crippen LogP contribution in [-0.4, -0.2) is 36.4 Å². The smallest absolute Gasteiger partial charge is 0.306 e. The molecule has 0 saturated heterocycles. The van der Waals surface area contributed by atoms with Crippen molar-refractivity contribution in [1.29, 1.82) is 0 Å². The van der Waals surface area contributed by atoms with Crippen LogP contribution < -0.4 is 4.74 Å². The molecule has 9 heteroatoms. The summed E-state index contributed by atoms with van der Waals surface area (Å²) in [5.41, 5.74) is 11.1. The highest BCUT2D eigenvalue weighted by Gasteiger charge is 2.33. The van der Waals surface area contributed by atoms with Crippen molar-refractivity contribution in [2.75, 3.05) is 14.2 Å². The molecule has 6 aromatic rings. The largest absolute Gasteiger partial charge is 0.508 e. The molecule has 1 heterocycles. The fraction of sp³-hybridized carbons (Fsp3) is 0.333. The van der Waals surface area contributed by atoms with Crippen molar-refractivity contribution in [3.63, 3.8) is 0 Å². The van der Waals surface area contributed by atoms with Crippen LogP contribution >= 0.6 is 0 Å². The summed E-state index contributed by atoms with van der Waals surface area (Å²) in [7, 11) is 2.85. The zero-order valence-electron chi connectivity index (χ0n) is 40.2. The molecular weight excluding hydrogens is 871 g/mol. The number of esters is 2. The summed E-state index contributed by atoms with van der Waals surface area (Å²) in [4.78, 5) is 23.6. The van der Waals surface area contributed by atoms with Crippen molar-refractivity contribution >= 4 is 18.0 Å². The molecule has 9 rings (SSSR count). The molecule has 0 amide bonds. The van der Waals surface area contributed by atoms with Crippen LogP contribution in [0.3, 0.4) is 0 Å². The Balaban J connectivity index is 0.000000169. The van der Waals surface area contributed by atoms with Gasteiger partial charge in [0, 0.05) is 16.7 Å². The number of benzene rings is 6. The Labute approximate surface area is 405 Å². The first kappa shape index (κ1) is 50.3. The molecule has 6 aromatic carbocycles. The number of hydrogen-bond acceptors (Lipinski definition) is 7. The molecule has 0 spiro atoms. The third kappa shape index (κ3) is 12.7. The van der Waals surface area contributed by atoms with Crippen molar-refractivity contribution in [1.82, 2.24) is 0 Å². The number of carbonyl (C=O) groups is 2. The van der Waals surface area contributed by atoms with E-state index in [1.54, 1.807) is 30.3 Å². The first-order chi connectivity index (χ1) is 33.4. The monoisotopic (exact) mass is 934 g/mol. The molecule has 69 heavy (non-hydrogen) atoms. The lowest BCUT2D eigenvalue weighted by atomic mass is 9.71. The van der Waals surface area contributed by atoms with Gasteiger partial charge in [0.1, 0.15) is 29.2 Å². The zero-order chi connectivity index (χ0) is 49.0. The van der Waals surface area contributed by atoms with Crippen molar-refractivity contribution in [2.45, 2.75) is 103 Å². The Hall–Kier alpha value is -6.58. The van der Waals surface area contributed by atoms with Gasteiger partial charge in [0.15, 0.2) is 0 Å². The van der Waals surface area contributed by atoms with Gasteiger partial charge in [-0.15, -0.1) is 0 Å². The van der Waals surface area contributed by atoms with Crippen molar-refractivity contribution in [3.8, 4) is 33.8 Å². The Morgan fingerprint density at radius 3 is 1.65 bits per heavy atom. The van der Waals surface area contributed by atoms with E-state index in [9.17, 15) is 23.5 Å². The number of halogens is 2. The Morgan fingerprint density at radius 2 is 1.19 bits per heavy atom.